The topological polar surface area (TPSA) is 116 Å². The molecule has 1 aliphatic rings. The fourth-order valence-electron chi connectivity index (χ4n) is 2.87. The first-order valence-corrected chi connectivity index (χ1v) is 7.18. The lowest BCUT2D eigenvalue weighted by molar-refractivity contribution is 0.229. The Labute approximate surface area is 137 Å². The van der Waals surface area contributed by atoms with E-state index in [0.29, 0.717) is 28.3 Å². The lowest BCUT2D eigenvalue weighted by Gasteiger charge is -2.34. The predicted octanol–water partition coefficient (Wildman–Crippen LogP) is 1.38. The highest BCUT2D eigenvalue weighted by Gasteiger charge is 2.39. The van der Waals surface area contributed by atoms with Crippen LogP contribution >= 0.6 is 12.4 Å². The van der Waals surface area contributed by atoms with Crippen LogP contribution in [0.1, 0.15) is 30.8 Å². The number of aromatic amines is 1. The van der Waals surface area contributed by atoms with Crippen molar-refractivity contribution in [1.82, 2.24) is 24.9 Å². The molecule has 0 atom stereocenters. The number of aromatic nitrogens is 5. The molecule has 1 aliphatic carbocycles. The first kappa shape index (κ1) is 15.7. The number of aryl methyl sites for hydroxylation is 2. The van der Waals surface area contributed by atoms with Crippen molar-refractivity contribution in [1.29, 1.82) is 0 Å². The van der Waals surface area contributed by atoms with E-state index in [0.717, 1.165) is 25.0 Å². The van der Waals surface area contributed by atoms with Crippen molar-refractivity contribution in [2.45, 2.75) is 31.7 Å². The third kappa shape index (κ3) is 2.25. The van der Waals surface area contributed by atoms with E-state index in [4.69, 9.17) is 10.3 Å². The van der Waals surface area contributed by atoms with Crippen molar-refractivity contribution in [3.05, 3.63) is 27.9 Å². The molecule has 3 aromatic rings. The number of pyridine rings is 1. The zero-order chi connectivity index (χ0) is 15.5. The molecule has 4 rings (SSSR count). The molecule has 0 spiro atoms. The summed E-state index contributed by atoms with van der Waals surface area (Å²) in [6, 6.07) is 1.78. The number of hydrogen-bond donors (Lipinski definition) is 2. The summed E-state index contributed by atoms with van der Waals surface area (Å²) in [5, 5.41) is 7.15. The second kappa shape index (κ2) is 5.17. The number of H-pyrrole nitrogens is 1. The first-order chi connectivity index (χ1) is 10.5. The van der Waals surface area contributed by atoms with Gasteiger partial charge in [0.15, 0.2) is 11.5 Å². The van der Waals surface area contributed by atoms with Gasteiger partial charge in [-0.15, -0.1) is 12.4 Å². The van der Waals surface area contributed by atoms with E-state index in [1.807, 2.05) is 6.92 Å². The van der Waals surface area contributed by atoms with Gasteiger partial charge in [0.2, 0.25) is 0 Å². The van der Waals surface area contributed by atoms with Crippen molar-refractivity contribution < 1.29 is 4.52 Å². The summed E-state index contributed by atoms with van der Waals surface area (Å²) in [6.45, 7) is 1.86. The summed E-state index contributed by atoms with van der Waals surface area (Å²) < 4.78 is 6.95. The Kier molecular flexibility index (Phi) is 3.53. The molecule has 3 heterocycles. The van der Waals surface area contributed by atoms with Gasteiger partial charge in [-0.3, -0.25) is 14.6 Å². The molecule has 0 radical (unpaired) electrons. The summed E-state index contributed by atoms with van der Waals surface area (Å²) in [5.74, 6) is 0.808. The Bertz CT molecular complexity index is 937. The standard InChI is InChI=1S/C14H16N6O2.ClH/c1-7-6-8(9-10(16-7)20(2)18-11(9)21)12-17-13(19-22-12)14(15)4-3-5-14;/h6H,3-5,15H2,1-2H3,(H,18,21);1H. The number of nitrogens with zero attached hydrogens (tertiary/aromatic N) is 4. The summed E-state index contributed by atoms with van der Waals surface area (Å²) in [4.78, 5) is 21.0. The average Bonchev–Trinajstić information content (AvgIpc) is 3.02. The largest absolute Gasteiger partial charge is 0.334 e. The summed E-state index contributed by atoms with van der Waals surface area (Å²) >= 11 is 0. The van der Waals surface area contributed by atoms with Crippen molar-refractivity contribution in [2.24, 2.45) is 12.8 Å². The minimum Gasteiger partial charge on any atom is -0.334 e. The normalized spacial score (nSPS) is 16.1. The van der Waals surface area contributed by atoms with Gasteiger partial charge in [-0.05, 0) is 32.3 Å². The second-order valence-corrected chi connectivity index (χ2v) is 5.94. The van der Waals surface area contributed by atoms with Crippen LogP contribution in [0.15, 0.2) is 15.4 Å². The van der Waals surface area contributed by atoms with Gasteiger partial charge in [-0.25, -0.2) is 4.98 Å². The van der Waals surface area contributed by atoms with Gasteiger partial charge in [-0.1, -0.05) is 5.16 Å². The molecule has 0 amide bonds. The molecule has 9 heteroatoms. The highest BCUT2D eigenvalue weighted by Crippen LogP contribution is 2.38. The Balaban J connectivity index is 0.00000156. The predicted molar refractivity (Wildman–Crippen MR) is 86.3 cm³/mol. The van der Waals surface area contributed by atoms with Crippen molar-refractivity contribution in [2.75, 3.05) is 0 Å². The quantitative estimate of drug-likeness (QED) is 0.730. The maximum atomic E-state index is 12.1. The van der Waals surface area contributed by atoms with Crippen LogP contribution in [0, 0.1) is 6.92 Å². The molecular weight excluding hydrogens is 320 g/mol. The molecule has 0 bridgehead atoms. The molecule has 0 aromatic carbocycles. The van der Waals surface area contributed by atoms with Gasteiger partial charge < -0.3 is 10.3 Å². The smallest absolute Gasteiger partial charge is 0.274 e. The molecule has 3 N–H and O–H groups in total. The number of rotatable bonds is 2. The second-order valence-electron chi connectivity index (χ2n) is 5.94. The highest BCUT2D eigenvalue weighted by molar-refractivity contribution is 5.90. The third-order valence-corrected chi connectivity index (χ3v) is 4.29. The van der Waals surface area contributed by atoms with Crippen LogP contribution in [0.4, 0.5) is 0 Å². The molecule has 3 aromatic heterocycles. The molecule has 122 valence electrons. The maximum absolute atomic E-state index is 12.1. The number of nitrogens with one attached hydrogen (secondary N) is 1. The number of hydrogen-bond acceptors (Lipinski definition) is 6. The fourth-order valence-corrected chi connectivity index (χ4v) is 2.87. The molecule has 8 nitrogen and oxygen atoms in total. The van der Waals surface area contributed by atoms with Crippen LogP contribution in [-0.2, 0) is 12.6 Å². The lowest BCUT2D eigenvalue weighted by Crippen LogP contribution is -2.44. The third-order valence-electron chi connectivity index (χ3n) is 4.29. The number of nitrogens with two attached hydrogens (primary N) is 1. The highest BCUT2D eigenvalue weighted by atomic mass is 35.5. The zero-order valence-corrected chi connectivity index (χ0v) is 13.6. The summed E-state index contributed by atoms with van der Waals surface area (Å²) in [7, 11) is 1.74. The maximum Gasteiger partial charge on any atom is 0.274 e. The fraction of sp³-hybridized carbons (Fsp3) is 0.429. The van der Waals surface area contributed by atoms with E-state index in [1.165, 1.54) is 0 Å². The minimum atomic E-state index is -0.494. The SMILES string of the molecule is Cc1cc(-c2nc(C3(N)CCC3)no2)c2c(=O)[nH]n(C)c2n1.Cl. The Morgan fingerprint density at radius 2 is 2.13 bits per heavy atom. The van der Waals surface area contributed by atoms with Crippen molar-refractivity contribution in [3.8, 4) is 11.5 Å². The van der Waals surface area contributed by atoms with Crippen LogP contribution in [0.5, 0.6) is 0 Å². The van der Waals surface area contributed by atoms with Crippen LogP contribution in [-0.4, -0.2) is 24.9 Å². The lowest BCUT2D eigenvalue weighted by atomic mass is 9.77. The number of halogens is 1. The van der Waals surface area contributed by atoms with Crippen molar-refractivity contribution in [3.63, 3.8) is 0 Å². The summed E-state index contributed by atoms with van der Waals surface area (Å²) in [5.41, 5.74) is 7.41. The monoisotopic (exact) mass is 336 g/mol. The van der Waals surface area contributed by atoms with Gasteiger partial charge in [0, 0.05) is 12.7 Å². The molecule has 1 fully saturated rings. The van der Waals surface area contributed by atoms with Crippen LogP contribution in [0.2, 0.25) is 0 Å². The van der Waals surface area contributed by atoms with Gasteiger partial charge in [-0.2, -0.15) is 4.98 Å². The minimum absolute atomic E-state index is 0. The van der Waals surface area contributed by atoms with Crippen LogP contribution in [0.25, 0.3) is 22.5 Å². The van der Waals surface area contributed by atoms with Crippen LogP contribution in [0.3, 0.4) is 0 Å². The Morgan fingerprint density at radius 3 is 2.78 bits per heavy atom. The molecule has 1 saturated carbocycles. The van der Waals surface area contributed by atoms with E-state index in [-0.39, 0.29) is 18.0 Å². The molecule has 0 aliphatic heterocycles. The van der Waals surface area contributed by atoms with E-state index in [1.54, 1.807) is 17.8 Å². The van der Waals surface area contributed by atoms with Crippen LogP contribution < -0.4 is 11.3 Å². The van der Waals surface area contributed by atoms with Gasteiger partial charge in [0.25, 0.3) is 11.4 Å². The zero-order valence-electron chi connectivity index (χ0n) is 12.8. The van der Waals surface area contributed by atoms with E-state index in [2.05, 4.69) is 20.2 Å². The van der Waals surface area contributed by atoms with E-state index < -0.39 is 5.54 Å². The first-order valence-electron chi connectivity index (χ1n) is 7.18. The average molecular weight is 337 g/mol. The summed E-state index contributed by atoms with van der Waals surface area (Å²) in [6.07, 6.45) is 2.77. The van der Waals surface area contributed by atoms with E-state index >= 15 is 0 Å². The molecule has 0 unspecified atom stereocenters. The Morgan fingerprint density at radius 1 is 1.39 bits per heavy atom. The van der Waals surface area contributed by atoms with E-state index in [9.17, 15) is 4.79 Å². The Hall–Kier alpha value is -2.19. The van der Waals surface area contributed by atoms with Gasteiger partial charge >= 0.3 is 0 Å². The number of fused-ring (bicyclic) bond motifs is 1. The van der Waals surface area contributed by atoms with Crippen molar-refractivity contribution >= 4 is 23.4 Å². The molecule has 23 heavy (non-hydrogen) atoms. The molecular formula is C14H17ClN6O2. The van der Waals surface area contributed by atoms with Gasteiger partial charge in [0.05, 0.1) is 16.5 Å². The van der Waals surface area contributed by atoms with Gasteiger partial charge in [0.1, 0.15) is 0 Å². The molecule has 0 saturated heterocycles.